The fourth-order valence-corrected chi connectivity index (χ4v) is 2.14. The third-order valence-electron chi connectivity index (χ3n) is 3.29. The molecule has 1 unspecified atom stereocenters. The van der Waals surface area contributed by atoms with Gasteiger partial charge in [0, 0.05) is 0 Å². The molecule has 0 aliphatic carbocycles. The van der Waals surface area contributed by atoms with Gasteiger partial charge in [-0.2, -0.15) is 0 Å². The van der Waals surface area contributed by atoms with Crippen LogP contribution < -0.4 is 11.1 Å². The lowest BCUT2D eigenvalue weighted by molar-refractivity contribution is -0.120. The molecule has 0 radical (unpaired) electrons. The Morgan fingerprint density at radius 1 is 1.35 bits per heavy atom. The molecule has 0 aromatic heterocycles. The van der Waals surface area contributed by atoms with Gasteiger partial charge in [0.1, 0.15) is 0 Å². The van der Waals surface area contributed by atoms with Gasteiger partial charge in [-0.1, -0.05) is 12.1 Å². The van der Waals surface area contributed by atoms with Crippen LogP contribution in [0.2, 0.25) is 0 Å². The van der Waals surface area contributed by atoms with Crippen molar-refractivity contribution >= 4 is 17.3 Å². The summed E-state index contributed by atoms with van der Waals surface area (Å²) in [4.78, 5) is 14.2. The highest BCUT2D eigenvalue weighted by atomic mass is 16.2. The average Bonchev–Trinajstić information content (AvgIpc) is 2.84. The predicted octanol–water partition coefficient (Wildman–Crippen LogP) is 1.69. The van der Waals surface area contributed by atoms with Crippen molar-refractivity contribution in [2.75, 3.05) is 24.1 Å². The van der Waals surface area contributed by atoms with Gasteiger partial charge in [-0.05, 0) is 45.0 Å². The number of nitrogen functional groups attached to an aromatic ring is 1. The second-order valence-corrected chi connectivity index (χ2v) is 4.50. The number of nitrogens with one attached hydrogen (secondary N) is 1. The predicted molar refractivity (Wildman–Crippen MR) is 69.8 cm³/mol. The zero-order valence-electron chi connectivity index (χ0n) is 10.1. The molecule has 3 N–H and O–H groups in total. The van der Waals surface area contributed by atoms with Gasteiger partial charge in [0.25, 0.3) is 0 Å². The topological polar surface area (TPSA) is 58.4 Å². The maximum Gasteiger partial charge on any atom is 0.241 e. The van der Waals surface area contributed by atoms with E-state index in [0.29, 0.717) is 11.4 Å². The van der Waals surface area contributed by atoms with Gasteiger partial charge < -0.3 is 11.1 Å². The SMILES string of the molecule is CC(C(=O)Nc1ccccc1N)N1CCCC1. The number of amides is 1. The largest absolute Gasteiger partial charge is 0.397 e. The van der Waals surface area contributed by atoms with Crippen molar-refractivity contribution in [2.45, 2.75) is 25.8 Å². The first kappa shape index (κ1) is 11.9. The minimum absolute atomic E-state index is 0.0183. The van der Waals surface area contributed by atoms with E-state index in [1.807, 2.05) is 25.1 Å². The third kappa shape index (κ3) is 2.77. The number of nitrogens with two attached hydrogens (primary N) is 1. The van der Waals surface area contributed by atoms with E-state index in [2.05, 4.69) is 10.2 Å². The first-order valence-corrected chi connectivity index (χ1v) is 6.08. The Balaban J connectivity index is 1.99. The molecule has 17 heavy (non-hydrogen) atoms. The lowest BCUT2D eigenvalue weighted by atomic mass is 10.2. The van der Waals surface area contributed by atoms with Crippen molar-refractivity contribution in [3.63, 3.8) is 0 Å². The van der Waals surface area contributed by atoms with E-state index in [1.165, 1.54) is 12.8 Å². The smallest absolute Gasteiger partial charge is 0.241 e. The minimum atomic E-state index is -0.0860. The molecule has 0 spiro atoms. The van der Waals surface area contributed by atoms with Gasteiger partial charge >= 0.3 is 0 Å². The van der Waals surface area contributed by atoms with Gasteiger partial charge in [-0.15, -0.1) is 0 Å². The van der Waals surface area contributed by atoms with Crippen LogP contribution in [0.5, 0.6) is 0 Å². The number of likely N-dealkylation sites (tertiary alicyclic amines) is 1. The highest BCUT2D eigenvalue weighted by molar-refractivity contribution is 5.97. The lowest BCUT2D eigenvalue weighted by Gasteiger charge is -2.23. The molecule has 1 aromatic rings. The van der Waals surface area contributed by atoms with Crippen molar-refractivity contribution < 1.29 is 4.79 Å². The van der Waals surface area contributed by atoms with Gasteiger partial charge in [-0.25, -0.2) is 0 Å². The summed E-state index contributed by atoms with van der Waals surface area (Å²) in [6.07, 6.45) is 2.37. The number of carbonyl (C=O) groups is 1. The van der Waals surface area contributed by atoms with Gasteiger partial charge in [0.05, 0.1) is 17.4 Å². The molecular formula is C13H19N3O. The summed E-state index contributed by atoms with van der Waals surface area (Å²) in [5.74, 6) is 0.0183. The van der Waals surface area contributed by atoms with Gasteiger partial charge in [0.2, 0.25) is 5.91 Å². The molecule has 92 valence electrons. The Bertz CT molecular complexity index is 399. The van der Waals surface area contributed by atoms with Crippen LogP contribution in [-0.4, -0.2) is 29.9 Å². The van der Waals surface area contributed by atoms with E-state index >= 15 is 0 Å². The molecule has 1 aliphatic heterocycles. The Morgan fingerprint density at radius 2 is 2.00 bits per heavy atom. The quantitative estimate of drug-likeness (QED) is 0.781. The minimum Gasteiger partial charge on any atom is -0.397 e. The van der Waals surface area contributed by atoms with E-state index in [1.54, 1.807) is 6.07 Å². The van der Waals surface area contributed by atoms with Crippen LogP contribution in [0.4, 0.5) is 11.4 Å². The highest BCUT2D eigenvalue weighted by Crippen LogP contribution is 2.18. The summed E-state index contributed by atoms with van der Waals surface area (Å²) in [6.45, 7) is 3.97. The van der Waals surface area contributed by atoms with E-state index in [9.17, 15) is 4.79 Å². The van der Waals surface area contributed by atoms with E-state index in [-0.39, 0.29) is 11.9 Å². The Kier molecular flexibility index (Phi) is 3.64. The molecule has 1 fully saturated rings. The van der Waals surface area contributed by atoms with Crippen molar-refractivity contribution in [3.05, 3.63) is 24.3 Å². The first-order chi connectivity index (χ1) is 8.18. The summed E-state index contributed by atoms with van der Waals surface area (Å²) < 4.78 is 0. The molecule has 4 nitrogen and oxygen atoms in total. The van der Waals surface area contributed by atoms with Crippen molar-refractivity contribution in [2.24, 2.45) is 0 Å². The number of nitrogens with zero attached hydrogens (tertiary/aromatic N) is 1. The van der Waals surface area contributed by atoms with Crippen molar-refractivity contribution in [1.29, 1.82) is 0 Å². The summed E-state index contributed by atoms with van der Waals surface area (Å²) in [7, 11) is 0. The van der Waals surface area contributed by atoms with E-state index in [4.69, 9.17) is 5.73 Å². The summed E-state index contributed by atoms with van der Waals surface area (Å²) in [5, 5.41) is 2.88. The molecule has 1 atom stereocenters. The fourth-order valence-electron chi connectivity index (χ4n) is 2.14. The third-order valence-corrected chi connectivity index (χ3v) is 3.29. The van der Waals surface area contributed by atoms with Gasteiger partial charge in [-0.3, -0.25) is 9.69 Å². The van der Waals surface area contributed by atoms with Crippen molar-refractivity contribution in [1.82, 2.24) is 4.90 Å². The summed E-state index contributed by atoms with van der Waals surface area (Å²) in [5.41, 5.74) is 7.10. The zero-order chi connectivity index (χ0) is 12.3. The Hall–Kier alpha value is -1.55. The summed E-state index contributed by atoms with van der Waals surface area (Å²) >= 11 is 0. The summed E-state index contributed by atoms with van der Waals surface area (Å²) in [6, 6.07) is 7.25. The number of carbonyl (C=O) groups excluding carboxylic acids is 1. The van der Waals surface area contributed by atoms with Crippen LogP contribution in [-0.2, 0) is 4.79 Å². The maximum atomic E-state index is 12.0. The second kappa shape index (κ2) is 5.19. The van der Waals surface area contributed by atoms with Gasteiger partial charge in [0.15, 0.2) is 0 Å². The molecule has 4 heteroatoms. The standard InChI is InChI=1S/C13H19N3O/c1-10(16-8-4-5-9-16)13(17)15-12-7-3-2-6-11(12)14/h2-3,6-7,10H,4-5,8-9,14H2,1H3,(H,15,17). The molecule has 1 saturated heterocycles. The molecule has 1 heterocycles. The van der Waals surface area contributed by atoms with Crippen LogP contribution in [0.15, 0.2) is 24.3 Å². The maximum absolute atomic E-state index is 12.0. The Labute approximate surface area is 102 Å². The monoisotopic (exact) mass is 233 g/mol. The molecule has 1 amide bonds. The normalized spacial score (nSPS) is 17.9. The molecule has 0 saturated carbocycles. The number of benzene rings is 1. The van der Waals surface area contributed by atoms with E-state index < -0.39 is 0 Å². The Morgan fingerprint density at radius 3 is 2.65 bits per heavy atom. The average molecular weight is 233 g/mol. The second-order valence-electron chi connectivity index (χ2n) is 4.50. The fraction of sp³-hybridized carbons (Fsp3) is 0.462. The zero-order valence-corrected chi connectivity index (χ0v) is 10.1. The molecule has 1 aromatic carbocycles. The highest BCUT2D eigenvalue weighted by Gasteiger charge is 2.24. The number of rotatable bonds is 3. The first-order valence-electron chi connectivity index (χ1n) is 6.08. The van der Waals surface area contributed by atoms with Crippen molar-refractivity contribution in [3.8, 4) is 0 Å². The number of para-hydroxylation sites is 2. The number of anilines is 2. The van der Waals surface area contributed by atoms with Crippen LogP contribution >= 0.6 is 0 Å². The number of hydrogen-bond donors (Lipinski definition) is 2. The lowest BCUT2D eigenvalue weighted by Crippen LogP contribution is -2.40. The van der Waals surface area contributed by atoms with Crippen LogP contribution in [0.3, 0.4) is 0 Å². The molecular weight excluding hydrogens is 214 g/mol. The van der Waals surface area contributed by atoms with Crippen LogP contribution in [0.1, 0.15) is 19.8 Å². The van der Waals surface area contributed by atoms with E-state index in [0.717, 1.165) is 13.1 Å². The molecule has 0 bridgehead atoms. The molecule has 1 aliphatic rings. The van der Waals surface area contributed by atoms with Crippen LogP contribution in [0, 0.1) is 0 Å². The number of hydrogen-bond acceptors (Lipinski definition) is 3. The van der Waals surface area contributed by atoms with Crippen LogP contribution in [0.25, 0.3) is 0 Å². The molecule has 2 rings (SSSR count).